The SMILES string of the molecule is NCC(Cn1ncn(-c2ccnc(-c3ccc(N4CCNCC4)cc3)c2)c1=O)=C(F)F.O=C(O)C(F)(F)F.O=C(O)C(F)(F)F. The summed E-state index contributed by atoms with van der Waals surface area (Å²) in [5.41, 5.74) is 7.78. The Hall–Kier alpha value is -4.85. The molecule has 0 aliphatic carbocycles. The number of rotatable bonds is 6. The molecule has 3 heterocycles. The average Bonchev–Trinajstić information content (AvgIpc) is 3.35. The van der Waals surface area contributed by atoms with Crippen molar-refractivity contribution in [1.29, 1.82) is 0 Å². The monoisotopic (exact) mass is 655 g/mol. The maximum absolute atomic E-state index is 12.9. The molecule has 0 atom stereocenters. The Labute approximate surface area is 248 Å². The molecule has 2 aromatic heterocycles. The first kappa shape index (κ1) is 36.3. The molecule has 1 fully saturated rings. The third kappa shape index (κ3) is 11.0. The van der Waals surface area contributed by atoms with Gasteiger partial charge in [-0.1, -0.05) is 12.1 Å². The summed E-state index contributed by atoms with van der Waals surface area (Å²) in [6.45, 7) is 3.17. The van der Waals surface area contributed by atoms with Gasteiger partial charge in [-0.05, 0) is 24.3 Å². The number of carboxylic acid groups (broad SMARTS) is 2. The van der Waals surface area contributed by atoms with E-state index in [9.17, 15) is 39.9 Å². The fraction of sp³-hybridized carbons (Fsp3) is 0.320. The number of pyridine rings is 1. The molecule has 1 aliphatic rings. The van der Waals surface area contributed by atoms with Crippen LogP contribution in [0.15, 0.2) is 65.4 Å². The number of aliphatic carboxylic acids is 2. The molecular formula is C25H25F8N7O5. The normalized spacial score (nSPS) is 13.1. The first-order chi connectivity index (χ1) is 20.9. The van der Waals surface area contributed by atoms with Gasteiger partial charge in [-0.3, -0.25) is 4.98 Å². The van der Waals surface area contributed by atoms with Gasteiger partial charge in [-0.25, -0.2) is 23.6 Å². The third-order valence-corrected chi connectivity index (χ3v) is 5.74. The first-order valence-corrected chi connectivity index (χ1v) is 12.5. The van der Waals surface area contributed by atoms with Gasteiger partial charge in [-0.15, -0.1) is 0 Å². The van der Waals surface area contributed by atoms with E-state index in [2.05, 4.69) is 32.4 Å². The number of piperazine rings is 1. The van der Waals surface area contributed by atoms with E-state index in [0.717, 1.165) is 42.1 Å². The number of benzene rings is 1. The Morgan fingerprint density at radius 1 is 0.911 bits per heavy atom. The van der Waals surface area contributed by atoms with Crippen molar-refractivity contribution in [1.82, 2.24) is 24.6 Å². The molecule has 1 aromatic carbocycles. The van der Waals surface area contributed by atoms with Crippen molar-refractivity contribution in [2.75, 3.05) is 37.6 Å². The molecule has 0 bridgehead atoms. The van der Waals surface area contributed by atoms with Gasteiger partial charge in [0.25, 0.3) is 6.08 Å². The highest BCUT2D eigenvalue weighted by atomic mass is 19.4. The van der Waals surface area contributed by atoms with Gasteiger partial charge >= 0.3 is 30.0 Å². The van der Waals surface area contributed by atoms with E-state index in [0.29, 0.717) is 11.4 Å². The van der Waals surface area contributed by atoms with E-state index in [1.807, 2.05) is 12.1 Å². The zero-order valence-corrected chi connectivity index (χ0v) is 22.8. The predicted octanol–water partition coefficient (Wildman–Crippen LogP) is 2.88. The topological polar surface area (TPSA) is 169 Å². The lowest BCUT2D eigenvalue weighted by Crippen LogP contribution is -2.43. The molecule has 12 nitrogen and oxygen atoms in total. The van der Waals surface area contributed by atoms with Crippen LogP contribution < -0.4 is 21.6 Å². The molecule has 3 aromatic rings. The van der Waals surface area contributed by atoms with Crippen LogP contribution >= 0.6 is 0 Å². The zero-order valence-electron chi connectivity index (χ0n) is 22.8. The molecule has 0 unspecified atom stereocenters. The van der Waals surface area contributed by atoms with Gasteiger partial charge in [0.1, 0.15) is 6.33 Å². The third-order valence-electron chi connectivity index (χ3n) is 5.74. The number of nitrogens with one attached hydrogen (secondary N) is 1. The molecule has 0 spiro atoms. The van der Waals surface area contributed by atoms with E-state index in [4.69, 9.17) is 25.5 Å². The summed E-state index contributed by atoms with van der Waals surface area (Å²) in [6.07, 6.45) is -9.15. The maximum atomic E-state index is 12.9. The molecule has 1 saturated heterocycles. The van der Waals surface area contributed by atoms with Crippen molar-refractivity contribution < 1.29 is 54.9 Å². The second kappa shape index (κ2) is 15.7. The van der Waals surface area contributed by atoms with Gasteiger partial charge in [-0.2, -0.15) is 40.2 Å². The number of nitrogens with zero attached hydrogens (tertiary/aromatic N) is 5. The molecule has 4 rings (SSSR count). The highest BCUT2D eigenvalue weighted by Crippen LogP contribution is 2.23. The summed E-state index contributed by atoms with van der Waals surface area (Å²) in [7, 11) is 0. The number of hydrogen-bond acceptors (Lipinski definition) is 8. The summed E-state index contributed by atoms with van der Waals surface area (Å²) >= 11 is 0. The Bertz CT molecular complexity index is 1500. The van der Waals surface area contributed by atoms with Crippen molar-refractivity contribution in [2.24, 2.45) is 5.73 Å². The van der Waals surface area contributed by atoms with Crippen molar-refractivity contribution in [3.8, 4) is 16.9 Å². The predicted molar refractivity (Wildman–Crippen MR) is 142 cm³/mol. The number of halogens is 8. The average molecular weight is 656 g/mol. The van der Waals surface area contributed by atoms with Crippen LogP contribution in [0.2, 0.25) is 0 Å². The largest absolute Gasteiger partial charge is 0.490 e. The van der Waals surface area contributed by atoms with Crippen LogP contribution in [-0.4, -0.2) is 86.6 Å². The van der Waals surface area contributed by atoms with E-state index in [-0.39, 0.29) is 18.7 Å². The summed E-state index contributed by atoms with van der Waals surface area (Å²) in [6, 6.07) is 11.6. The highest BCUT2D eigenvalue weighted by Gasteiger charge is 2.38. The second-order valence-electron chi connectivity index (χ2n) is 8.80. The van der Waals surface area contributed by atoms with Crippen molar-refractivity contribution in [2.45, 2.75) is 18.9 Å². The van der Waals surface area contributed by atoms with Gasteiger partial charge < -0.3 is 26.2 Å². The molecule has 20 heteroatoms. The fourth-order valence-corrected chi connectivity index (χ4v) is 3.50. The van der Waals surface area contributed by atoms with Crippen molar-refractivity contribution in [3.63, 3.8) is 0 Å². The van der Waals surface area contributed by atoms with Crippen LogP contribution in [-0.2, 0) is 16.1 Å². The van der Waals surface area contributed by atoms with Crippen LogP contribution in [0.25, 0.3) is 16.9 Å². The molecule has 45 heavy (non-hydrogen) atoms. The fourth-order valence-electron chi connectivity index (χ4n) is 3.50. The number of carbonyl (C=O) groups is 2. The van der Waals surface area contributed by atoms with Gasteiger partial charge in [0.15, 0.2) is 0 Å². The first-order valence-electron chi connectivity index (χ1n) is 12.5. The molecule has 1 aliphatic heterocycles. The second-order valence-corrected chi connectivity index (χ2v) is 8.80. The lowest BCUT2D eigenvalue weighted by Gasteiger charge is -2.29. The number of alkyl halides is 6. The van der Waals surface area contributed by atoms with Crippen LogP contribution in [0.3, 0.4) is 0 Å². The molecule has 0 radical (unpaired) electrons. The minimum absolute atomic E-state index is 0.327. The van der Waals surface area contributed by atoms with Crippen LogP contribution in [0.5, 0.6) is 0 Å². The van der Waals surface area contributed by atoms with Crippen molar-refractivity contribution in [3.05, 3.63) is 71.1 Å². The quantitative estimate of drug-likeness (QED) is 0.290. The Balaban J connectivity index is 0.000000421. The standard InChI is InChI=1S/C21H23F2N7O.2C2HF3O2/c22-20(23)16(12-24)13-30-21(31)29(14-27-30)18-5-6-26-19(11-18)15-1-3-17(4-2-15)28-9-7-25-8-10-28;2*3-2(4,5)1(6)7/h1-6,11,14,25H,7-10,12-13,24H2;2*(H,6,7). The summed E-state index contributed by atoms with van der Waals surface area (Å²) in [4.78, 5) is 37.2. The minimum Gasteiger partial charge on any atom is -0.475 e. The smallest absolute Gasteiger partial charge is 0.475 e. The zero-order chi connectivity index (χ0) is 33.9. The van der Waals surface area contributed by atoms with E-state index < -0.39 is 36.1 Å². The summed E-state index contributed by atoms with van der Waals surface area (Å²) < 4.78 is 91.5. The van der Waals surface area contributed by atoms with Gasteiger partial charge in [0.2, 0.25) is 0 Å². The Morgan fingerprint density at radius 3 is 1.91 bits per heavy atom. The van der Waals surface area contributed by atoms with Gasteiger partial charge in [0.05, 0.1) is 17.9 Å². The molecular weight excluding hydrogens is 630 g/mol. The molecule has 246 valence electrons. The van der Waals surface area contributed by atoms with E-state index in [1.165, 1.54) is 10.9 Å². The number of anilines is 1. The minimum atomic E-state index is -5.08. The lowest BCUT2D eigenvalue weighted by atomic mass is 10.1. The highest BCUT2D eigenvalue weighted by molar-refractivity contribution is 5.73. The van der Waals surface area contributed by atoms with Crippen LogP contribution in [0.4, 0.5) is 40.8 Å². The lowest BCUT2D eigenvalue weighted by molar-refractivity contribution is -0.193. The van der Waals surface area contributed by atoms with Crippen LogP contribution in [0.1, 0.15) is 0 Å². The summed E-state index contributed by atoms with van der Waals surface area (Å²) in [5, 5.41) is 21.5. The van der Waals surface area contributed by atoms with Crippen molar-refractivity contribution >= 4 is 17.6 Å². The number of hydrogen-bond donors (Lipinski definition) is 4. The Kier molecular flexibility index (Phi) is 12.7. The Morgan fingerprint density at radius 2 is 1.44 bits per heavy atom. The van der Waals surface area contributed by atoms with Gasteiger partial charge in [0, 0.05) is 55.7 Å². The molecule has 0 saturated carbocycles. The number of carboxylic acids is 2. The number of aromatic nitrogens is 4. The number of nitrogens with two attached hydrogens (primary N) is 1. The molecule has 5 N–H and O–H groups in total. The maximum Gasteiger partial charge on any atom is 0.490 e. The summed E-state index contributed by atoms with van der Waals surface area (Å²) in [5.74, 6) is -5.51. The van der Waals surface area contributed by atoms with E-state index in [1.54, 1.807) is 18.3 Å². The van der Waals surface area contributed by atoms with Crippen LogP contribution in [0, 0.1) is 0 Å². The molecule has 0 amide bonds. The van der Waals surface area contributed by atoms with E-state index >= 15 is 0 Å².